The van der Waals surface area contributed by atoms with Crippen LogP contribution in [0.4, 0.5) is 13.2 Å². The van der Waals surface area contributed by atoms with E-state index < -0.39 is 51.1 Å². The number of nitrogens with zero attached hydrogens (tertiary/aromatic N) is 1. The third kappa shape index (κ3) is 6.67. The number of carbonyl (C=O) groups excluding carboxylic acids is 2. The van der Waals surface area contributed by atoms with Crippen LogP contribution in [0.15, 0.2) is 29.2 Å². The Hall–Kier alpha value is -2.14. The SMILES string of the molecule is CC(C)C(C)NC(=O)COC(=O)C1CCN(S(=O)(=O)c2cccc(C(F)(F)F)c2)CC1. The number of ether oxygens (including phenoxy) is 1. The summed E-state index contributed by atoms with van der Waals surface area (Å²) in [5, 5.41) is 2.71. The Kier molecular flexibility index (Phi) is 8.09. The van der Waals surface area contributed by atoms with E-state index in [0.717, 1.165) is 22.5 Å². The van der Waals surface area contributed by atoms with E-state index in [4.69, 9.17) is 4.74 Å². The number of alkyl halides is 3. The fourth-order valence-electron chi connectivity index (χ4n) is 3.03. The van der Waals surface area contributed by atoms with Gasteiger partial charge >= 0.3 is 12.1 Å². The van der Waals surface area contributed by atoms with E-state index in [0.29, 0.717) is 6.07 Å². The van der Waals surface area contributed by atoms with Crippen LogP contribution in [0.5, 0.6) is 0 Å². The van der Waals surface area contributed by atoms with Crippen molar-refractivity contribution < 1.29 is 35.9 Å². The molecule has 1 heterocycles. The van der Waals surface area contributed by atoms with Crippen LogP contribution in [-0.4, -0.2) is 50.3 Å². The van der Waals surface area contributed by atoms with Gasteiger partial charge in [0.05, 0.1) is 16.4 Å². The summed E-state index contributed by atoms with van der Waals surface area (Å²) in [6, 6.07) is 3.49. The molecule has 31 heavy (non-hydrogen) atoms. The summed E-state index contributed by atoms with van der Waals surface area (Å²) >= 11 is 0. The molecule has 2 rings (SSSR count). The number of piperidine rings is 1. The summed E-state index contributed by atoms with van der Waals surface area (Å²) < 4.78 is 70.2. The minimum atomic E-state index is -4.65. The molecular weight excluding hydrogens is 437 g/mol. The molecule has 1 atom stereocenters. The maximum atomic E-state index is 12.9. The molecule has 1 aromatic carbocycles. The van der Waals surface area contributed by atoms with Crippen LogP contribution in [0.3, 0.4) is 0 Å². The van der Waals surface area contributed by atoms with E-state index in [1.807, 2.05) is 20.8 Å². The molecule has 174 valence electrons. The lowest BCUT2D eigenvalue weighted by molar-refractivity contribution is -0.153. The van der Waals surface area contributed by atoms with Crippen molar-refractivity contribution in [3.8, 4) is 0 Å². The van der Waals surface area contributed by atoms with Crippen LogP contribution >= 0.6 is 0 Å². The number of rotatable bonds is 7. The first-order chi connectivity index (χ1) is 14.3. The van der Waals surface area contributed by atoms with E-state index in [2.05, 4.69) is 5.32 Å². The van der Waals surface area contributed by atoms with Gasteiger partial charge in [-0.15, -0.1) is 0 Å². The van der Waals surface area contributed by atoms with E-state index >= 15 is 0 Å². The van der Waals surface area contributed by atoms with Gasteiger partial charge in [0.2, 0.25) is 10.0 Å². The molecule has 1 amide bonds. The molecule has 1 aromatic rings. The molecule has 1 fully saturated rings. The minimum Gasteiger partial charge on any atom is -0.455 e. The Morgan fingerprint density at radius 3 is 2.35 bits per heavy atom. The smallest absolute Gasteiger partial charge is 0.416 e. The molecule has 0 bridgehead atoms. The van der Waals surface area contributed by atoms with Gasteiger partial charge in [-0.3, -0.25) is 9.59 Å². The number of carbonyl (C=O) groups is 2. The van der Waals surface area contributed by atoms with Gasteiger partial charge in [0.15, 0.2) is 6.61 Å². The Bertz CT molecular complexity index is 894. The molecule has 0 spiro atoms. The first-order valence-electron chi connectivity index (χ1n) is 9.95. The second-order valence-corrected chi connectivity index (χ2v) is 9.85. The zero-order valence-corrected chi connectivity index (χ0v) is 18.4. The number of halogens is 3. The Labute approximate surface area is 180 Å². The monoisotopic (exact) mass is 464 g/mol. The summed E-state index contributed by atoms with van der Waals surface area (Å²) in [6.45, 7) is 5.24. The molecular formula is C20H27F3N2O5S. The zero-order valence-electron chi connectivity index (χ0n) is 17.6. The predicted molar refractivity (Wildman–Crippen MR) is 106 cm³/mol. The summed E-state index contributed by atoms with van der Waals surface area (Å²) in [5.74, 6) is -1.37. The molecule has 1 unspecified atom stereocenters. The molecule has 1 aliphatic heterocycles. The molecule has 1 N–H and O–H groups in total. The standard InChI is InChI=1S/C20H27F3N2O5S/c1-13(2)14(3)24-18(26)12-30-19(27)15-7-9-25(10-8-15)31(28,29)17-6-4-5-16(11-17)20(21,22)23/h4-6,11,13-15H,7-10,12H2,1-3H3,(H,24,26). The molecule has 1 saturated heterocycles. The highest BCUT2D eigenvalue weighted by Gasteiger charge is 2.35. The zero-order chi connectivity index (χ0) is 23.4. The van der Waals surface area contributed by atoms with Gasteiger partial charge in [0.1, 0.15) is 0 Å². The van der Waals surface area contributed by atoms with Crippen molar-refractivity contribution in [1.82, 2.24) is 9.62 Å². The van der Waals surface area contributed by atoms with E-state index in [9.17, 15) is 31.2 Å². The summed E-state index contributed by atoms with van der Waals surface area (Å²) in [6.07, 6.45) is -4.34. The average Bonchev–Trinajstić information content (AvgIpc) is 2.71. The summed E-state index contributed by atoms with van der Waals surface area (Å²) in [5.41, 5.74) is -1.04. The molecule has 0 aliphatic carbocycles. The van der Waals surface area contributed by atoms with Crippen LogP contribution in [-0.2, 0) is 30.5 Å². The highest BCUT2D eigenvalue weighted by molar-refractivity contribution is 7.89. The lowest BCUT2D eigenvalue weighted by atomic mass is 9.98. The molecule has 11 heteroatoms. The highest BCUT2D eigenvalue weighted by atomic mass is 32.2. The number of nitrogens with one attached hydrogen (secondary N) is 1. The third-order valence-corrected chi connectivity index (χ3v) is 7.22. The van der Waals surface area contributed by atoms with Gasteiger partial charge in [0.25, 0.3) is 5.91 Å². The van der Waals surface area contributed by atoms with Crippen molar-refractivity contribution in [3.63, 3.8) is 0 Å². The number of esters is 1. The normalized spacial score (nSPS) is 17.4. The second kappa shape index (κ2) is 9.99. The summed E-state index contributed by atoms with van der Waals surface area (Å²) in [4.78, 5) is 23.6. The Balaban J connectivity index is 1.92. The van der Waals surface area contributed by atoms with Crippen molar-refractivity contribution in [2.45, 2.75) is 50.7 Å². The van der Waals surface area contributed by atoms with Gasteiger partial charge < -0.3 is 10.1 Å². The Morgan fingerprint density at radius 2 is 1.81 bits per heavy atom. The van der Waals surface area contributed by atoms with Gasteiger partial charge in [0, 0.05) is 19.1 Å². The van der Waals surface area contributed by atoms with Crippen molar-refractivity contribution in [3.05, 3.63) is 29.8 Å². The predicted octanol–water partition coefficient (Wildman–Crippen LogP) is 2.81. The summed E-state index contributed by atoms with van der Waals surface area (Å²) in [7, 11) is -4.12. The highest BCUT2D eigenvalue weighted by Crippen LogP contribution is 2.32. The largest absolute Gasteiger partial charge is 0.455 e. The number of amides is 1. The first kappa shape index (κ1) is 25.1. The maximum absolute atomic E-state index is 12.9. The van der Waals surface area contributed by atoms with Crippen LogP contribution in [0, 0.1) is 11.8 Å². The van der Waals surface area contributed by atoms with Crippen LogP contribution in [0.2, 0.25) is 0 Å². The number of hydrogen-bond donors (Lipinski definition) is 1. The van der Waals surface area contributed by atoms with Crippen LogP contribution in [0.25, 0.3) is 0 Å². The van der Waals surface area contributed by atoms with Crippen molar-refractivity contribution in [1.29, 1.82) is 0 Å². The lowest BCUT2D eigenvalue weighted by Gasteiger charge is -2.30. The molecule has 0 saturated carbocycles. The van der Waals surface area contributed by atoms with Gasteiger partial charge in [-0.05, 0) is 43.9 Å². The minimum absolute atomic E-state index is 0.0328. The molecule has 1 aliphatic rings. The van der Waals surface area contributed by atoms with E-state index in [1.165, 1.54) is 0 Å². The number of hydrogen-bond acceptors (Lipinski definition) is 5. The topological polar surface area (TPSA) is 92.8 Å². The maximum Gasteiger partial charge on any atom is 0.416 e. The van der Waals surface area contributed by atoms with Crippen molar-refractivity contribution in [2.75, 3.05) is 19.7 Å². The van der Waals surface area contributed by atoms with Gasteiger partial charge in [-0.25, -0.2) is 8.42 Å². The Morgan fingerprint density at radius 1 is 1.19 bits per heavy atom. The van der Waals surface area contributed by atoms with Crippen LogP contribution < -0.4 is 5.32 Å². The quantitative estimate of drug-likeness (QED) is 0.627. The first-order valence-corrected chi connectivity index (χ1v) is 11.4. The number of benzene rings is 1. The van der Waals surface area contributed by atoms with Crippen molar-refractivity contribution >= 4 is 21.9 Å². The van der Waals surface area contributed by atoms with Crippen LogP contribution in [0.1, 0.15) is 39.2 Å². The second-order valence-electron chi connectivity index (χ2n) is 7.91. The average molecular weight is 465 g/mol. The van der Waals surface area contributed by atoms with Gasteiger partial charge in [-0.2, -0.15) is 17.5 Å². The number of sulfonamides is 1. The fraction of sp³-hybridized carbons (Fsp3) is 0.600. The molecule has 0 aromatic heterocycles. The fourth-order valence-corrected chi connectivity index (χ4v) is 4.55. The van der Waals surface area contributed by atoms with E-state index in [-0.39, 0.29) is 37.9 Å². The van der Waals surface area contributed by atoms with Crippen molar-refractivity contribution in [2.24, 2.45) is 11.8 Å². The molecule has 0 radical (unpaired) electrons. The lowest BCUT2D eigenvalue weighted by Crippen LogP contribution is -2.42. The van der Waals surface area contributed by atoms with E-state index in [1.54, 1.807) is 0 Å². The van der Waals surface area contributed by atoms with Gasteiger partial charge in [-0.1, -0.05) is 19.9 Å². The third-order valence-electron chi connectivity index (χ3n) is 5.32. The molecule has 7 nitrogen and oxygen atoms in total.